The number of nitrogens with one attached hydrogen (secondary N) is 2. The lowest BCUT2D eigenvalue weighted by atomic mass is 10.1. The molecule has 0 saturated heterocycles. The molecule has 0 heterocycles. The molecule has 3 N–H and O–H groups in total. The smallest absolute Gasteiger partial charge is 0.253 e. The van der Waals surface area contributed by atoms with E-state index in [4.69, 9.17) is 4.74 Å². The molecule has 6 heteroatoms. The van der Waals surface area contributed by atoms with Crippen LogP contribution in [-0.2, 0) is 14.3 Å². The third-order valence-electron chi connectivity index (χ3n) is 1.76. The number of aliphatic hydroxyl groups is 1. The van der Waals surface area contributed by atoms with Crippen LogP contribution in [0.1, 0.15) is 13.8 Å². The van der Waals surface area contributed by atoms with E-state index in [1.54, 1.807) is 0 Å². The molecule has 0 rings (SSSR count). The molecule has 0 fully saturated rings. The molecule has 6 nitrogen and oxygen atoms in total. The Morgan fingerprint density at radius 1 is 1.40 bits per heavy atom. The molecule has 0 aliphatic rings. The van der Waals surface area contributed by atoms with Gasteiger partial charge in [0.05, 0.1) is 13.2 Å². The average Bonchev–Trinajstić information content (AvgIpc) is 2.15. The van der Waals surface area contributed by atoms with Crippen LogP contribution in [0.25, 0.3) is 0 Å². The number of hydrogen-bond donors (Lipinski definition) is 3. The highest BCUT2D eigenvalue weighted by Crippen LogP contribution is 2.00. The minimum absolute atomic E-state index is 0.110. The lowest BCUT2D eigenvalue weighted by molar-refractivity contribution is -0.138. The number of hydrogen-bond acceptors (Lipinski definition) is 4. The van der Waals surface area contributed by atoms with Crippen molar-refractivity contribution in [2.75, 3.05) is 26.8 Å². The monoisotopic (exact) mass is 218 g/mol. The summed E-state index contributed by atoms with van der Waals surface area (Å²) in [5.74, 6) is -0.826. The third-order valence-corrected chi connectivity index (χ3v) is 1.76. The Kier molecular flexibility index (Phi) is 5.88. The van der Waals surface area contributed by atoms with Crippen molar-refractivity contribution < 1.29 is 19.4 Å². The summed E-state index contributed by atoms with van der Waals surface area (Å²) in [5.41, 5.74) is -1.60. The molecule has 88 valence electrons. The summed E-state index contributed by atoms with van der Waals surface area (Å²) in [4.78, 5) is 22.0. The topological polar surface area (TPSA) is 87.7 Å². The van der Waals surface area contributed by atoms with E-state index in [9.17, 15) is 14.7 Å². The standard InChI is InChI=1S/C9H18N2O4/c1-7(12)11-6-9(2,14)8(13)10-4-5-15-3/h14H,4-6H2,1-3H3,(H,10,13)(H,11,12). The van der Waals surface area contributed by atoms with Gasteiger partial charge in [0.15, 0.2) is 5.60 Å². The number of methoxy groups -OCH3 is 1. The molecule has 0 aromatic heterocycles. The molecule has 0 aromatic rings. The molecule has 0 spiro atoms. The van der Waals surface area contributed by atoms with E-state index in [-0.39, 0.29) is 12.5 Å². The first-order valence-electron chi connectivity index (χ1n) is 4.64. The fraction of sp³-hybridized carbons (Fsp3) is 0.778. The zero-order chi connectivity index (χ0) is 11.9. The summed E-state index contributed by atoms with van der Waals surface area (Å²) < 4.78 is 4.74. The first-order valence-corrected chi connectivity index (χ1v) is 4.64. The van der Waals surface area contributed by atoms with Crippen molar-refractivity contribution in [3.63, 3.8) is 0 Å². The second-order valence-corrected chi connectivity index (χ2v) is 3.43. The molecule has 0 bridgehead atoms. The maximum atomic E-state index is 11.4. The normalized spacial score (nSPS) is 14.1. The lowest BCUT2D eigenvalue weighted by Gasteiger charge is -2.22. The molecule has 2 amide bonds. The summed E-state index contributed by atoms with van der Waals surface area (Å²) in [7, 11) is 1.52. The molecule has 0 saturated carbocycles. The second kappa shape index (κ2) is 6.36. The molecule has 0 aromatic carbocycles. The van der Waals surface area contributed by atoms with Gasteiger partial charge in [0.25, 0.3) is 5.91 Å². The quantitative estimate of drug-likeness (QED) is 0.480. The highest BCUT2D eigenvalue weighted by molar-refractivity contribution is 5.85. The van der Waals surface area contributed by atoms with Gasteiger partial charge in [-0.05, 0) is 6.92 Å². The zero-order valence-corrected chi connectivity index (χ0v) is 9.29. The van der Waals surface area contributed by atoms with Crippen molar-refractivity contribution in [3.05, 3.63) is 0 Å². The molecular weight excluding hydrogens is 200 g/mol. The number of carbonyl (C=O) groups is 2. The molecule has 0 radical (unpaired) electrons. The van der Waals surface area contributed by atoms with Crippen LogP contribution in [0.4, 0.5) is 0 Å². The Hall–Kier alpha value is -1.14. The lowest BCUT2D eigenvalue weighted by Crippen LogP contribution is -2.52. The Balaban J connectivity index is 3.96. The Bertz CT molecular complexity index is 228. The van der Waals surface area contributed by atoms with Crippen molar-refractivity contribution in [2.24, 2.45) is 0 Å². The van der Waals surface area contributed by atoms with Gasteiger partial charge in [0.2, 0.25) is 5.91 Å². The van der Waals surface area contributed by atoms with Crippen LogP contribution in [0, 0.1) is 0 Å². The van der Waals surface area contributed by atoms with Crippen LogP contribution in [0.5, 0.6) is 0 Å². The van der Waals surface area contributed by atoms with Crippen LogP contribution >= 0.6 is 0 Å². The molecule has 0 aliphatic heterocycles. The van der Waals surface area contributed by atoms with Gasteiger partial charge in [-0.3, -0.25) is 9.59 Å². The maximum Gasteiger partial charge on any atom is 0.253 e. The third kappa shape index (κ3) is 6.03. The predicted molar refractivity (Wildman–Crippen MR) is 54.2 cm³/mol. The summed E-state index contributed by atoms with van der Waals surface area (Å²) in [6.07, 6.45) is 0. The predicted octanol–water partition coefficient (Wildman–Crippen LogP) is -1.36. The van der Waals surface area contributed by atoms with Crippen LogP contribution < -0.4 is 10.6 Å². The minimum Gasteiger partial charge on any atom is -0.383 e. The van der Waals surface area contributed by atoms with Crippen LogP contribution in [0.15, 0.2) is 0 Å². The van der Waals surface area contributed by atoms with Gasteiger partial charge in [-0.1, -0.05) is 0 Å². The van der Waals surface area contributed by atoms with Crippen molar-refractivity contribution in [1.82, 2.24) is 10.6 Å². The zero-order valence-electron chi connectivity index (χ0n) is 9.29. The summed E-state index contributed by atoms with van der Waals surface area (Å²) >= 11 is 0. The average molecular weight is 218 g/mol. The number of rotatable bonds is 6. The Morgan fingerprint density at radius 3 is 2.47 bits per heavy atom. The molecule has 15 heavy (non-hydrogen) atoms. The van der Waals surface area contributed by atoms with E-state index < -0.39 is 11.5 Å². The van der Waals surface area contributed by atoms with Gasteiger partial charge in [0, 0.05) is 20.6 Å². The Labute approximate surface area is 89.0 Å². The van der Waals surface area contributed by atoms with E-state index in [2.05, 4.69) is 10.6 Å². The van der Waals surface area contributed by atoms with Gasteiger partial charge >= 0.3 is 0 Å². The van der Waals surface area contributed by atoms with Gasteiger partial charge in [-0.2, -0.15) is 0 Å². The molecular formula is C9H18N2O4. The van der Waals surface area contributed by atoms with E-state index in [0.29, 0.717) is 13.2 Å². The van der Waals surface area contributed by atoms with E-state index in [1.807, 2.05) is 0 Å². The summed E-state index contributed by atoms with van der Waals surface area (Å²) in [6, 6.07) is 0. The highest BCUT2D eigenvalue weighted by Gasteiger charge is 2.29. The van der Waals surface area contributed by atoms with Crippen molar-refractivity contribution in [1.29, 1.82) is 0 Å². The number of amides is 2. The maximum absolute atomic E-state index is 11.4. The minimum atomic E-state index is -1.60. The van der Waals surface area contributed by atoms with Crippen LogP contribution in [-0.4, -0.2) is 49.3 Å². The van der Waals surface area contributed by atoms with E-state index in [1.165, 1.54) is 21.0 Å². The molecule has 1 unspecified atom stereocenters. The first-order chi connectivity index (χ1) is 6.90. The SMILES string of the molecule is COCCNC(=O)C(C)(O)CNC(C)=O. The Morgan fingerprint density at radius 2 is 2.00 bits per heavy atom. The first kappa shape index (κ1) is 13.9. The van der Waals surface area contributed by atoms with Crippen molar-refractivity contribution in [3.8, 4) is 0 Å². The van der Waals surface area contributed by atoms with Crippen molar-refractivity contribution >= 4 is 11.8 Å². The fourth-order valence-electron chi connectivity index (χ4n) is 0.834. The summed E-state index contributed by atoms with van der Waals surface area (Å²) in [6.45, 7) is 3.25. The van der Waals surface area contributed by atoms with Gasteiger partial charge in [-0.15, -0.1) is 0 Å². The van der Waals surface area contributed by atoms with E-state index in [0.717, 1.165) is 0 Å². The number of carbonyl (C=O) groups excluding carboxylic acids is 2. The fourth-order valence-corrected chi connectivity index (χ4v) is 0.834. The summed E-state index contributed by atoms with van der Waals surface area (Å²) in [5, 5.41) is 14.5. The van der Waals surface area contributed by atoms with Crippen molar-refractivity contribution in [2.45, 2.75) is 19.4 Å². The largest absolute Gasteiger partial charge is 0.383 e. The molecule has 0 aliphatic carbocycles. The molecule has 1 atom stereocenters. The van der Waals surface area contributed by atoms with E-state index >= 15 is 0 Å². The van der Waals surface area contributed by atoms with Crippen LogP contribution in [0.3, 0.4) is 0 Å². The number of ether oxygens (including phenoxy) is 1. The van der Waals surface area contributed by atoms with Gasteiger partial charge < -0.3 is 20.5 Å². The van der Waals surface area contributed by atoms with Gasteiger partial charge in [0.1, 0.15) is 0 Å². The van der Waals surface area contributed by atoms with Gasteiger partial charge in [-0.25, -0.2) is 0 Å². The second-order valence-electron chi connectivity index (χ2n) is 3.43. The highest BCUT2D eigenvalue weighted by atomic mass is 16.5. The van der Waals surface area contributed by atoms with Crippen LogP contribution in [0.2, 0.25) is 0 Å².